The molecule has 0 spiro atoms. The number of para-hydroxylation sites is 1. The highest BCUT2D eigenvalue weighted by Crippen LogP contribution is 2.11. The number of aromatic nitrogens is 1. The Morgan fingerprint density at radius 1 is 1.13 bits per heavy atom. The fourth-order valence-corrected chi connectivity index (χ4v) is 2.51. The Labute approximate surface area is 140 Å². The maximum absolute atomic E-state index is 12.0. The summed E-state index contributed by atoms with van der Waals surface area (Å²) in [5.74, 6) is -0.347. The number of benzene rings is 2. The first kappa shape index (κ1) is 15.2. The zero-order valence-electron chi connectivity index (χ0n) is 11.9. The maximum atomic E-state index is 12.0. The summed E-state index contributed by atoms with van der Waals surface area (Å²) in [6.45, 7) is 0. The molecule has 0 aliphatic carbocycles. The average molecular weight is 370 g/mol. The predicted molar refractivity (Wildman–Crippen MR) is 93.8 cm³/mol. The lowest BCUT2D eigenvalue weighted by molar-refractivity contribution is 0.0955. The second-order valence-corrected chi connectivity index (χ2v) is 5.77. The Morgan fingerprint density at radius 2 is 1.96 bits per heavy atom. The largest absolute Gasteiger partial charge is 0.321 e. The van der Waals surface area contributed by atoms with E-state index in [2.05, 4.69) is 31.4 Å². The number of amides is 1. The Balaban J connectivity index is 1.79. The molecular weight excluding hydrogens is 358 g/mol. The van der Waals surface area contributed by atoms with Gasteiger partial charge in [0.25, 0.3) is 11.5 Å². The Morgan fingerprint density at radius 3 is 2.78 bits per heavy atom. The van der Waals surface area contributed by atoms with Crippen molar-refractivity contribution in [2.75, 3.05) is 0 Å². The monoisotopic (exact) mass is 369 g/mol. The normalized spacial score (nSPS) is 11.0. The number of hydrogen-bond donors (Lipinski definition) is 2. The Kier molecular flexibility index (Phi) is 4.34. The van der Waals surface area contributed by atoms with Crippen molar-refractivity contribution >= 4 is 39.0 Å². The van der Waals surface area contributed by atoms with Crippen molar-refractivity contribution in [3.05, 3.63) is 80.6 Å². The van der Waals surface area contributed by atoms with Crippen LogP contribution in [0.5, 0.6) is 0 Å². The van der Waals surface area contributed by atoms with Crippen LogP contribution in [0.25, 0.3) is 10.9 Å². The van der Waals surface area contributed by atoms with Crippen LogP contribution < -0.4 is 11.0 Å². The summed E-state index contributed by atoms with van der Waals surface area (Å²) >= 11 is 3.30. The highest BCUT2D eigenvalue weighted by Gasteiger charge is 2.04. The summed E-state index contributed by atoms with van der Waals surface area (Å²) < 4.78 is 0.806. The van der Waals surface area contributed by atoms with E-state index < -0.39 is 0 Å². The molecule has 0 aliphatic heterocycles. The van der Waals surface area contributed by atoms with Crippen molar-refractivity contribution in [3.8, 4) is 0 Å². The SMILES string of the molecule is O=C(NN=Cc1cc2ccccc2[nH]c1=O)c1cccc(Br)c1. The third-order valence-corrected chi connectivity index (χ3v) is 3.73. The Bertz CT molecular complexity index is 963. The molecule has 1 aromatic heterocycles. The van der Waals surface area contributed by atoms with Crippen molar-refractivity contribution in [2.45, 2.75) is 0 Å². The van der Waals surface area contributed by atoms with Crippen molar-refractivity contribution in [3.63, 3.8) is 0 Å². The quantitative estimate of drug-likeness (QED) is 0.549. The number of hydrazone groups is 1. The lowest BCUT2D eigenvalue weighted by atomic mass is 10.2. The number of nitrogens with zero attached hydrogens (tertiary/aromatic N) is 1. The summed E-state index contributed by atoms with van der Waals surface area (Å²) in [4.78, 5) is 26.7. The molecule has 3 aromatic rings. The topological polar surface area (TPSA) is 74.3 Å². The van der Waals surface area contributed by atoms with E-state index in [0.717, 1.165) is 15.4 Å². The molecule has 1 heterocycles. The second-order valence-electron chi connectivity index (χ2n) is 4.85. The van der Waals surface area contributed by atoms with Gasteiger partial charge in [-0.3, -0.25) is 9.59 Å². The van der Waals surface area contributed by atoms with E-state index in [1.807, 2.05) is 30.3 Å². The standard InChI is InChI=1S/C17H12BrN3O2/c18-14-6-3-5-12(9-14)17(23)21-19-10-13-8-11-4-1-2-7-15(11)20-16(13)22/h1-10H,(H,20,22)(H,21,23). The van der Waals surface area contributed by atoms with Gasteiger partial charge in [0.05, 0.1) is 11.8 Å². The summed E-state index contributed by atoms with van der Waals surface area (Å²) in [5.41, 5.74) is 3.75. The number of nitrogens with one attached hydrogen (secondary N) is 2. The molecule has 114 valence electrons. The minimum absolute atomic E-state index is 0.260. The van der Waals surface area contributed by atoms with Crippen LogP contribution in [0.1, 0.15) is 15.9 Å². The molecule has 23 heavy (non-hydrogen) atoms. The van der Waals surface area contributed by atoms with Crippen LogP contribution in [0.15, 0.2) is 69.0 Å². The molecule has 3 rings (SSSR count). The molecule has 0 bridgehead atoms. The molecule has 2 aromatic carbocycles. The molecule has 0 aliphatic rings. The number of hydrogen-bond acceptors (Lipinski definition) is 3. The number of halogens is 1. The minimum atomic E-state index is -0.347. The van der Waals surface area contributed by atoms with Gasteiger partial charge in [0.1, 0.15) is 0 Å². The van der Waals surface area contributed by atoms with Gasteiger partial charge in [0.2, 0.25) is 0 Å². The lowest BCUT2D eigenvalue weighted by Crippen LogP contribution is -2.19. The molecular formula is C17H12BrN3O2. The fourth-order valence-electron chi connectivity index (χ4n) is 2.11. The number of fused-ring (bicyclic) bond motifs is 1. The molecule has 5 nitrogen and oxygen atoms in total. The van der Waals surface area contributed by atoms with Gasteiger partial charge in [-0.25, -0.2) is 5.43 Å². The second kappa shape index (κ2) is 6.58. The zero-order chi connectivity index (χ0) is 16.2. The molecule has 0 unspecified atom stereocenters. The highest BCUT2D eigenvalue weighted by atomic mass is 79.9. The highest BCUT2D eigenvalue weighted by molar-refractivity contribution is 9.10. The first-order valence-corrected chi connectivity index (χ1v) is 7.64. The summed E-state index contributed by atoms with van der Waals surface area (Å²) in [5, 5.41) is 4.75. The molecule has 0 saturated heterocycles. The number of carbonyl (C=O) groups is 1. The van der Waals surface area contributed by atoms with Crippen molar-refractivity contribution in [2.24, 2.45) is 5.10 Å². The van der Waals surface area contributed by atoms with Crippen LogP contribution in [0, 0.1) is 0 Å². The number of aromatic amines is 1. The molecule has 2 N–H and O–H groups in total. The molecule has 0 fully saturated rings. The first-order valence-electron chi connectivity index (χ1n) is 6.84. The van der Waals surface area contributed by atoms with E-state index in [1.54, 1.807) is 24.3 Å². The minimum Gasteiger partial charge on any atom is -0.321 e. The van der Waals surface area contributed by atoms with Gasteiger partial charge >= 0.3 is 0 Å². The number of rotatable bonds is 3. The zero-order valence-corrected chi connectivity index (χ0v) is 13.5. The van der Waals surface area contributed by atoms with E-state index in [0.29, 0.717) is 11.1 Å². The smallest absolute Gasteiger partial charge is 0.271 e. The summed E-state index contributed by atoms with van der Waals surface area (Å²) in [6, 6.07) is 16.1. The maximum Gasteiger partial charge on any atom is 0.271 e. The van der Waals surface area contributed by atoms with Crippen LogP contribution >= 0.6 is 15.9 Å². The van der Waals surface area contributed by atoms with Crippen LogP contribution in [0.4, 0.5) is 0 Å². The van der Waals surface area contributed by atoms with E-state index in [-0.39, 0.29) is 11.5 Å². The van der Waals surface area contributed by atoms with Gasteiger partial charge in [-0.05, 0) is 35.7 Å². The van der Waals surface area contributed by atoms with Gasteiger partial charge < -0.3 is 4.98 Å². The third-order valence-electron chi connectivity index (χ3n) is 3.24. The molecule has 1 amide bonds. The predicted octanol–water partition coefficient (Wildman–Crippen LogP) is 3.05. The first-order chi connectivity index (χ1) is 11.1. The number of H-pyrrole nitrogens is 1. The molecule has 0 saturated carbocycles. The summed E-state index contributed by atoms with van der Waals surface area (Å²) in [6.07, 6.45) is 1.33. The van der Waals surface area contributed by atoms with Crippen molar-refractivity contribution in [1.82, 2.24) is 10.4 Å². The van der Waals surface area contributed by atoms with E-state index in [1.165, 1.54) is 6.21 Å². The Hall–Kier alpha value is -2.73. The molecule has 0 atom stereocenters. The number of pyridine rings is 1. The third kappa shape index (κ3) is 3.54. The van der Waals surface area contributed by atoms with Gasteiger partial charge in [0, 0.05) is 15.6 Å². The van der Waals surface area contributed by atoms with Gasteiger partial charge in [-0.2, -0.15) is 5.10 Å². The van der Waals surface area contributed by atoms with E-state index in [9.17, 15) is 9.59 Å². The lowest BCUT2D eigenvalue weighted by Gasteiger charge is -2.01. The van der Waals surface area contributed by atoms with E-state index >= 15 is 0 Å². The van der Waals surface area contributed by atoms with Crippen LogP contribution in [0.2, 0.25) is 0 Å². The van der Waals surface area contributed by atoms with Crippen molar-refractivity contribution in [1.29, 1.82) is 0 Å². The van der Waals surface area contributed by atoms with Gasteiger partial charge in [-0.1, -0.05) is 40.2 Å². The fraction of sp³-hybridized carbons (Fsp3) is 0. The number of carbonyl (C=O) groups excluding carboxylic acids is 1. The van der Waals surface area contributed by atoms with Crippen LogP contribution in [-0.4, -0.2) is 17.1 Å². The van der Waals surface area contributed by atoms with E-state index in [4.69, 9.17) is 0 Å². The average Bonchev–Trinajstić information content (AvgIpc) is 2.55. The summed E-state index contributed by atoms with van der Waals surface area (Å²) in [7, 11) is 0. The molecule has 6 heteroatoms. The van der Waals surface area contributed by atoms with Gasteiger partial charge in [0.15, 0.2) is 0 Å². The van der Waals surface area contributed by atoms with Crippen LogP contribution in [0.3, 0.4) is 0 Å². The van der Waals surface area contributed by atoms with Gasteiger partial charge in [-0.15, -0.1) is 0 Å². The molecule has 0 radical (unpaired) electrons. The van der Waals surface area contributed by atoms with Crippen molar-refractivity contribution < 1.29 is 4.79 Å². The van der Waals surface area contributed by atoms with Crippen LogP contribution in [-0.2, 0) is 0 Å².